The second kappa shape index (κ2) is 7.86. The van der Waals surface area contributed by atoms with E-state index in [-0.39, 0.29) is 6.10 Å². The normalized spacial score (nSPS) is 31.4. The molecule has 1 saturated carbocycles. The van der Waals surface area contributed by atoms with Crippen molar-refractivity contribution in [1.29, 1.82) is 0 Å². The second-order valence-corrected chi connectivity index (χ2v) is 8.63. The van der Waals surface area contributed by atoms with E-state index in [4.69, 9.17) is 4.74 Å². The molecule has 0 aromatic rings. The largest absolute Gasteiger partial charge is 0.389 e. The van der Waals surface area contributed by atoms with E-state index in [9.17, 15) is 5.11 Å². The number of aliphatic hydroxyl groups is 1. The van der Waals surface area contributed by atoms with Crippen LogP contribution >= 0.6 is 0 Å². The number of ether oxygens (including phenoxy) is 1. The Hall–Kier alpha value is -0.420. The molecule has 2 bridgehead atoms. The summed E-state index contributed by atoms with van der Waals surface area (Å²) in [5.41, 5.74) is 1.94. The third kappa shape index (κ3) is 4.04. The Kier molecular flexibility index (Phi) is 6.02. The Morgan fingerprint density at radius 3 is 2.58 bits per heavy atom. The minimum atomic E-state index is -0.367. The zero-order valence-corrected chi connectivity index (χ0v) is 15.8. The van der Waals surface area contributed by atoms with E-state index in [0.29, 0.717) is 24.5 Å². The van der Waals surface area contributed by atoms with E-state index in [1.165, 1.54) is 31.4 Å². The molecule has 0 radical (unpaired) electrons. The number of rotatable bonds is 8. The summed E-state index contributed by atoms with van der Waals surface area (Å²) in [4.78, 5) is 4.89. The third-order valence-corrected chi connectivity index (χ3v) is 6.64. The lowest BCUT2D eigenvalue weighted by atomic mass is 9.49. The van der Waals surface area contributed by atoms with Gasteiger partial charge in [0.25, 0.3) is 0 Å². The van der Waals surface area contributed by atoms with E-state index in [2.05, 4.69) is 36.6 Å². The van der Waals surface area contributed by atoms with Crippen LogP contribution in [0.2, 0.25) is 0 Å². The Bertz CT molecular complexity index is 441. The number of hydrogen-bond acceptors (Lipinski definition) is 4. The number of allylic oxidation sites excluding steroid dienone is 1. The lowest BCUT2D eigenvalue weighted by Crippen LogP contribution is -2.49. The van der Waals surface area contributed by atoms with Crippen LogP contribution in [0.25, 0.3) is 0 Å². The second-order valence-electron chi connectivity index (χ2n) is 8.63. The number of nitrogens with zero attached hydrogens (tertiary/aromatic N) is 2. The zero-order chi connectivity index (χ0) is 17.2. The van der Waals surface area contributed by atoms with Crippen molar-refractivity contribution in [2.45, 2.75) is 46.1 Å². The van der Waals surface area contributed by atoms with Gasteiger partial charge in [-0.1, -0.05) is 26.8 Å². The van der Waals surface area contributed by atoms with Crippen LogP contribution in [0.5, 0.6) is 0 Å². The third-order valence-electron chi connectivity index (χ3n) is 6.64. The molecule has 1 aliphatic heterocycles. The van der Waals surface area contributed by atoms with Gasteiger partial charge in [-0.15, -0.1) is 0 Å². The van der Waals surface area contributed by atoms with Gasteiger partial charge in [0.05, 0.1) is 19.3 Å². The van der Waals surface area contributed by atoms with Crippen molar-refractivity contribution in [2.24, 2.45) is 17.3 Å². The monoisotopic (exact) mass is 336 g/mol. The zero-order valence-electron chi connectivity index (χ0n) is 15.8. The van der Waals surface area contributed by atoms with Crippen molar-refractivity contribution in [3.05, 3.63) is 11.6 Å². The quantitative estimate of drug-likeness (QED) is 0.691. The molecule has 1 heterocycles. The van der Waals surface area contributed by atoms with Crippen molar-refractivity contribution < 1.29 is 9.84 Å². The molecule has 1 N–H and O–H groups in total. The van der Waals surface area contributed by atoms with E-state index in [1.54, 1.807) is 0 Å². The molecule has 1 saturated heterocycles. The highest BCUT2D eigenvalue weighted by molar-refractivity contribution is 5.23. The van der Waals surface area contributed by atoms with Gasteiger partial charge in [0.1, 0.15) is 0 Å². The number of fused-ring (bicyclic) bond motifs is 1. The molecule has 3 atom stereocenters. The Morgan fingerprint density at radius 2 is 1.96 bits per heavy atom. The molecule has 0 aromatic carbocycles. The van der Waals surface area contributed by atoms with Crippen molar-refractivity contribution >= 4 is 0 Å². The first-order valence-corrected chi connectivity index (χ1v) is 9.90. The van der Waals surface area contributed by atoms with E-state index < -0.39 is 0 Å². The minimum Gasteiger partial charge on any atom is -0.389 e. The summed E-state index contributed by atoms with van der Waals surface area (Å²) >= 11 is 0. The smallest absolute Gasteiger partial charge is 0.0900 e. The molecular weight excluding hydrogens is 300 g/mol. The number of hydrogen-bond donors (Lipinski definition) is 1. The number of piperazine rings is 1. The first kappa shape index (κ1) is 18.4. The molecule has 0 aromatic heterocycles. The SMILES string of the molecule is CCCN1CCN(C[C@@H](O)COCC2=CC[C@H]3C[C@H]2C3(C)C)CC1. The molecule has 138 valence electrons. The van der Waals surface area contributed by atoms with Gasteiger partial charge in [-0.2, -0.15) is 0 Å². The van der Waals surface area contributed by atoms with Crippen molar-refractivity contribution in [3.8, 4) is 0 Å². The van der Waals surface area contributed by atoms with Crippen LogP contribution in [0.4, 0.5) is 0 Å². The maximum atomic E-state index is 10.3. The molecule has 4 heteroatoms. The van der Waals surface area contributed by atoms with Crippen molar-refractivity contribution in [1.82, 2.24) is 9.80 Å². The minimum absolute atomic E-state index is 0.367. The molecule has 4 aliphatic rings. The van der Waals surface area contributed by atoms with Crippen LogP contribution in [0.1, 0.15) is 40.0 Å². The fourth-order valence-electron chi connectivity index (χ4n) is 4.82. The first-order chi connectivity index (χ1) is 11.5. The highest BCUT2D eigenvalue weighted by Gasteiger charge is 2.50. The predicted octanol–water partition coefficient (Wildman–Crippen LogP) is 2.38. The topological polar surface area (TPSA) is 35.9 Å². The van der Waals surface area contributed by atoms with Gasteiger partial charge in [-0.25, -0.2) is 0 Å². The highest BCUT2D eigenvalue weighted by Crippen LogP contribution is 2.59. The molecule has 2 fully saturated rings. The van der Waals surface area contributed by atoms with E-state index in [0.717, 1.165) is 38.6 Å². The summed E-state index contributed by atoms with van der Waals surface area (Å²) in [5, 5.41) is 10.3. The summed E-state index contributed by atoms with van der Waals surface area (Å²) in [6.07, 6.45) is 5.81. The van der Waals surface area contributed by atoms with Crippen LogP contribution in [0.3, 0.4) is 0 Å². The van der Waals surface area contributed by atoms with E-state index in [1.807, 2.05) is 0 Å². The van der Waals surface area contributed by atoms with Crippen LogP contribution in [0, 0.1) is 17.3 Å². The van der Waals surface area contributed by atoms with Gasteiger partial charge < -0.3 is 14.7 Å². The summed E-state index contributed by atoms with van der Waals surface area (Å²) in [7, 11) is 0. The lowest BCUT2D eigenvalue weighted by molar-refractivity contribution is -0.0274. The average Bonchev–Trinajstić information content (AvgIpc) is 2.57. The van der Waals surface area contributed by atoms with Crippen molar-refractivity contribution in [2.75, 3.05) is 52.5 Å². The summed E-state index contributed by atoms with van der Waals surface area (Å²) < 4.78 is 5.87. The average molecular weight is 337 g/mol. The summed E-state index contributed by atoms with van der Waals surface area (Å²) in [6.45, 7) is 14.5. The summed E-state index contributed by atoms with van der Waals surface area (Å²) in [6, 6.07) is 0. The van der Waals surface area contributed by atoms with Gasteiger partial charge >= 0.3 is 0 Å². The molecular formula is C20H36N2O2. The van der Waals surface area contributed by atoms with Crippen LogP contribution in [-0.4, -0.2) is 73.5 Å². The Balaban J connectivity index is 1.32. The first-order valence-electron chi connectivity index (χ1n) is 9.90. The summed E-state index contributed by atoms with van der Waals surface area (Å²) in [5.74, 6) is 1.59. The molecule has 0 unspecified atom stereocenters. The standard InChI is InChI=1S/C20H36N2O2/c1-4-7-21-8-10-22(11-9-21)13-18(23)15-24-14-16-5-6-17-12-19(16)20(17,2)3/h5,17-19,23H,4,6-15H2,1-3H3/t17-,18+,19+/m0/s1. The molecule has 0 spiro atoms. The van der Waals surface area contributed by atoms with Crippen molar-refractivity contribution in [3.63, 3.8) is 0 Å². The Morgan fingerprint density at radius 1 is 1.25 bits per heavy atom. The molecule has 24 heavy (non-hydrogen) atoms. The van der Waals surface area contributed by atoms with Gasteiger partial charge in [-0.05, 0) is 48.6 Å². The van der Waals surface area contributed by atoms with Crippen LogP contribution in [-0.2, 0) is 4.74 Å². The predicted molar refractivity (Wildman–Crippen MR) is 98.1 cm³/mol. The maximum Gasteiger partial charge on any atom is 0.0900 e. The van der Waals surface area contributed by atoms with Gasteiger partial charge in [0, 0.05) is 32.7 Å². The fraction of sp³-hybridized carbons (Fsp3) is 0.900. The molecule has 4 rings (SSSR count). The molecule has 0 amide bonds. The van der Waals surface area contributed by atoms with Crippen LogP contribution < -0.4 is 0 Å². The highest BCUT2D eigenvalue weighted by atomic mass is 16.5. The lowest BCUT2D eigenvalue weighted by Gasteiger charge is -2.56. The van der Waals surface area contributed by atoms with Crippen LogP contribution in [0.15, 0.2) is 11.6 Å². The Labute approximate surface area is 147 Å². The fourth-order valence-corrected chi connectivity index (χ4v) is 4.82. The van der Waals surface area contributed by atoms with Gasteiger partial charge in [0.2, 0.25) is 0 Å². The number of aliphatic hydroxyl groups excluding tert-OH is 1. The van der Waals surface area contributed by atoms with E-state index >= 15 is 0 Å². The van der Waals surface area contributed by atoms with Gasteiger partial charge in [-0.3, -0.25) is 4.90 Å². The van der Waals surface area contributed by atoms with Gasteiger partial charge in [0.15, 0.2) is 0 Å². The molecule has 3 aliphatic carbocycles. The molecule has 4 nitrogen and oxygen atoms in total. The maximum absolute atomic E-state index is 10.3. The number of β-amino-alcohol motifs (C(OH)–C–C–N with tert-alkyl or cyclic N) is 1.